The number of hydrogen-bond acceptors (Lipinski definition) is 3. The minimum absolute atomic E-state index is 0.0542. The first-order chi connectivity index (χ1) is 13.9. The highest BCUT2D eigenvalue weighted by Gasteiger charge is 2.24. The van der Waals surface area contributed by atoms with Gasteiger partial charge in [-0.1, -0.05) is 48.0 Å². The van der Waals surface area contributed by atoms with Crippen LogP contribution in [0, 0.1) is 5.92 Å². The summed E-state index contributed by atoms with van der Waals surface area (Å²) in [5, 5.41) is 10.1. The lowest BCUT2D eigenvalue weighted by molar-refractivity contribution is -0.124. The van der Waals surface area contributed by atoms with E-state index in [9.17, 15) is 9.59 Å². The van der Waals surface area contributed by atoms with Crippen molar-refractivity contribution in [1.82, 2.24) is 20.4 Å². The van der Waals surface area contributed by atoms with E-state index in [-0.39, 0.29) is 17.7 Å². The van der Waals surface area contributed by atoms with E-state index in [0.29, 0.717) is 12.1 Å². The van der Waals surface area contributed by atoms with Crippen LogP contribution in [0.4, 0.5) is 0 Å². The number of aromatic nitrogens is 2. The Morgan fingerprint density at radius 3 is 2.41 bits per heavy atom. The molecule has 0 aliphatic carbocycles. The van der Waals surface area contributed by atoms with Gasteiger partial charge in [0.15, 0.2) is 0 Å². The SMILES string of the molecule is CC(C)C(NC(=O)c1ccc(Br)cc1)C(=O)NCc1cnn(-c2ccccc2)c1. The third-order valence-corrected chi connectivity index (χ3v) is 4.99. The molecule has 0 saturated heterocycles. The van der Waals surface area contributed by atoms with Crippen molar-refractivity contribution in [3.63, 3.8) is 0 Å². The molecule has 29 heavy (non-hydrogen) atoms. The molecule has 1 aromatic heterocycles. The first kappa shape index (κ1) is 20.8. The fraction of sp³-hybridized carbons (Fsp3) is 0.227. The zero-order valence-electron chi connectivity index (χ0n) is 16.3. The van der Waals surface area contributed by atoms with E-state index in [4.69, 9.17) is 0 Å². The molecule has 1 atom stereocenters. The van der Waals surface area contributed by atoms with Gasteiger partial charge in [0.05, 0.1) is 11.9 Å². The molecule has 0 bridgehead atoms. The van der Waals surface area contributed by atoms with Gasteiger partial charge in [0.25, 0.3) is 5.91 Å². The second-order valence-electron chi connectivity index (χ2n) is 7.05. The van der Waals surface area contributed by atoms with Gasteiger partial charge in [-0.25, -0.2) is 4.68 Å². The number of nitrogens with zero attached hydrogens (tertiary/aromatic N) is 2. The zero-order valence-corrected chi connectivity index (χ0v) is 17.9. The van der Waals surface area contributed by atoms with Crippen molar-refractivity contribution in [1.29, 1.82) is 0 Å². The smallest absolute Gasteiger partial charge is 0.251 e. The molecule has 1 unspecified atom stereocenters. The van der Waals surface area contributed by atoms with Gasteiger partial charge in [-0.05, 0) is 42.3 Å². The molecule has 0 aliphatic heterocycles. The van der Waals surface area contributed by atoms with Crippen LogP contribution in [0.1, 0.15) is 29.8 Å². The summed E-state index contributed by atoms with van der Waals surface area (Å²) in [5.74, 6) is -0.553. The topological polar surface area (TPSA) is 76.0 Å². The zero-order chi connectivity index (χ0) is 20.8. The molecular formula is C22H23BrN4O2. The number of halogens is 1. The summed E-state index contributed by atoms with van der Waals surface area (Å²) >= 11 is 3.35. The molecular weight excluding hydrogens is 432 g/mol. The number of carbonyl (C=O) groups is 2. The fourth-order valence-electron chi connectivity index (χ4n) is 2.83. The predicted molar refractivity (Wildman–Crippen MR) is 116 cm³/mol. The van der Waals surface area contributed by atoms with Crippen molar-refractivity contribution < 1.29 is 9.59 Å². The number of nitrogens with one attached hydrogen (secondary N) is 2. The average molecular weight is 455 g/mol. The molecule has 0 spiro atoms. The predicted octanol–water partition coefficient (Wildman–Crippen LogP) is 3.71. The van der Waals surface area contributed by atoms with E-state index in [1.54, 1.807) is 35.1 Å². The van der Waals surface area contributed by atoms with E-state index in [1.807, 2.05) is 50.4 Å². The summed E-state index contributed by atoms with van der Waals surface area (Å²) in [5.41, 5.74) is 2.34. The second kappa shape index (κ2) is 9.52. The van der Waals surface area contributed by atoms with Crippen LogP contribution in [-0.4, -0.2) is 27.6 Å². The van der Waals surface area contributed by atoms with Crippen LogP contribution < -0.4 is 10.6 Å². The lowest BCUT2D eigenvalue weighted by Crippen LogP contribution is -2.49. The maximum Gasteiger partial charge on any atom is 0.251 e. The lowest BCUT2D eigenvalue weighted by atomic mass is 10.0. The maximum absolute atomic E-state index is 12.7. The van der Waals surface area contributed by atoms with Gasteiger partial charge < -0.3 is 10.6 Å². The Kier molecular flexibility index (Phi) is 6.82. The Labute approximate surface area is 178 Å². The Bertz CT molecular complexity index is 968. The summed E-state index contributed by atoms with van der Waals surface area (Å²) in [4.78, 5) is 25.2. The van der Waals surface area contributed by atoms with E-state index < -0.39 is 6.04 Å². The monoisotopic (exact) mass is 454 g/mol. The molecule has 0 aliphatic rings. The summed E-state index contributed by atoms with van der Waals surface area (Å²) in [6.45, 7) is 4.14. The fourth-order valence-corrected chi connectivity index (χ4v) is 3.10. The van der Waals surface area contributed by atoms with Crippen molar-refractivity contribution >= 4 is 27.7 Å². The molecule has 0 fully saturated rings. The molecule has 6 nitrogen and oxygen atoms in total. The van der Waals surface area contributed by atoms with Crippen LogP contribution in [0.5, 0.6) is 0 Å². The average Bonchev–Trinajstić information content (AvgIpc) is 3.20. The molecule has 1 heterocycles. The van der Waals surface area contributed by atoms with Gasteiger partial charge in [0.1, 0.15) is 6.04 Å². The Hall–Kier alpha value is -2.93. The van der Waals surface area contributed by atoms with E-state index in [2.05, 4.69) is 31.7 Å². The Balaban J connectivity index is 1.60. The molecule has 2 aromatic carbocycles. The third-order valence-electron chi connectivity index (χ3n) is 4.47. The van der Waals surface area contributed by atoms with Crippen molar-refractivity contribution in [3.05, 3.63) is 82.6 Å². The summed E-state index contributed by atoms with van der Waals surface area (Å²) in [6.07, 6.45) is 3.60. The summed E-state index contributed by atoms with van der Waals surface area (Å²) < 4.78 is 2.65. The first-order valence-electron chi connectivity index (χ1n) is 9.37. The summed E-state index contributed by atoms with van der Waals surface area (Å²) in [6, 6.07) is 16.1. The van der Waals surface area contributed by atoms with Crippen molar-refractivity contribution in [2.24, 2.45) is 5.92 Å². The molecule has 0 radical (unpaired) electrons. The first-order valence-corrected chi connectivity index (χ1v) is 10.2. The molecule has 2 amide bonds. The van der Waals surface area contributed by atoms with Gasteiger partial charge in [0.2, 0.25) is 5.91 Å². The van der Waals surface area contributed by atoms with E-state index >= 15 is 0 Å². The maximum atomic E-state index is 12.7. The van der Waals surface area contributed by atoms with Crippen molar-refractivity contribution in [3.8, 4) is 5.69 Å². The largest absolute Gasteiger partial charge is 0.350 e. The van der Waals surface area contributed by atoms with E-state index in [0.717, 1.165) is 15.7 Å². The van der Waals surface area contributed by atoms with Gasteiger partial charge in [-0.3, -0.25) is 9.59 Å². The molecule has 0 saturated carbocycles. The quantitative estimate of drug-likeness (QED) is 0.571. The highest BCUT2D eigenvalue weighted by Crippen LogP contribution is 2.12. The number of amides is 2. The number of para-hydroxylation sites is 1. The minimum Gasteiger partial charge on any atom is -0.350 e. The highest BCUT2D eigenvalue weighted by atomic mass is 79.9. The van der Waals surface area contributed by atoms with Gasteiger partial charge in [-0.2, -0.15) is 5.10 Å². The molecule has 7 heteroatoms. The minimum atomic E-state index is -0.629. The molecule has 150 valence electrons. The number of rotatable bonds is 7. The van der Waals surface area contributed by atoms with Crippen molar-refractivity contribution in [2.45, 2.75) is 26.4 Å². The van der Waals surface area contributed by atoms with E-state index in [1.165, 1.54) is 0 Å². The lowest BCUT2D eigenvalue weighted by Gasteiger charge is -2.21. The molecule has 3 aromatic rings. The normalized spacial score (nSPS) is 11.9. The highest BCUT2D eigenvalue weighted by molar-refractivity contribution is 9.10. The van der Waals surface area contributed by atoms with Crippen LogP contribution >= 0.6 is 15.9 Å². The molecule has 2 N–H and O–H groups in total. The number of carbonyl (C=O) groups excluding carboxylic acids is 2. The van der Waals surface area contributed by atoms with Gasteiger partial charge in [0, 0.05) is 28.3 Å². The summed E-state index contributed by atoms with van der Waals surface area (Å²) in [7, 11) is 0. The third kappa shape index (κ3) is 5.54. The van der Waals surface area contributed by atoms with Crippen LogP contribution in [-0.2, 0) is 11.3 Å². The van der Waals surface area contributed by atoms with Gasteiger partial charge in [-0.15, -0.1) is 0 Å². The Morgan fingerprint density at radius 1 is 1.07 bits per heavy atom. The van der Waals surface area contributed by atoms with Crippen LogP contribution in [0.2, 0.25) is 0 Å². The number of benzene rings is 2. The second-order valence-corrected chi connectivity index (χ2v) is 7.96. The van der Waals surface area contributed by atoms with Crippen molar-refractivity contribution in [2.75, 3.05) is 0 Å². The van der Waals surface area contributed by atoms with Crippen LogP contribution in [0.3, 0.4) is 0 Å². The molecule has 3 rings (SSSR count). The van der Waals surface area contributed by atoms with Crippen LogP contribution in [0.25, 0.3) is 5.69 Å². The van der Waals surface area contributed by atoms with Gasteiger partial charge >= 0.3 is 0 Å². The standard InChI is InChI=1S/C22H23BrN4O2/c1-15(2)20(26-21(28)17-8-10-18(23)11-9-17)22(29)24-12-16-13-25-27(14-16)19-6-4-3-5-7-19/h3-11,13-15,20H,12H2,1-2H3,(H,24,29)(H,26,28). The van der Waals surface area contributed by atoms with Crippen LogP contribution in [0.15, 0.2) is 71.5 Å². The Morgan fingerprint density at radius 2 is 1.76 bits per heavy atom. The number of hydrogen-bond donors (Lipinski definition) is 2.